The minimum Gasteiger partial charge on any atom is -0.787 e. The quantitative estimate of drug-likeness (QED) is 0.707. The minimum absolute atomic E-state index is 0.0525. The maximum atomic E-state index is 10.8. The van der Waals surface area contributed by atoms with Gasteiger partial charge in [-0.25, -0.2) is 0 Å². The number of hydrogen-bond donors (Lipinski definition) is 1. The van der Waals surface area contributed by atoms with Crippen LogP contribution in [0.4, 0.5) is 0 Å². The Morgan fingerprint density at radius 3 is 2.08 bits per heavy atom. The third-order valence-electron chi connectivity index (χ3n) is 2.12. The van der Waals surface area contributed by atoms with E-state index in [0.717, 1.165) is 5.56 Å². The topological polar surface area (TPSA) is 35.1 Å². The minimum atomic E-state index is -0.131. The Hall–Kier alpha value is -0.860. The van der Waals surface area contributed by atoms with Crippen LogP contribution in [-0.4, -0.2) is 0 Å². The lowest BCUT2D eigenvalue weighted by Crippen LogP contribution is -2.28. The lowest BCUT2D eigenvalue weighted by molar-refractivity contribution is 0.295. The molecule has 0 saturated carbocycles. The Morgan fingerprint density at radius 2 is 1.69 bits per heavy atom. The average molecular weight is 178 g/mol. The van der Waals surface area contributed by atoms with Crippen LogP contribution in [0.3, 0.4) is 0 Å². The molecule has 0 bridgehead atoms. The second-order valence-corrected chi connectivity index (χ2v) is 4.33. The molecule has 1 unspecified atom stereocenters. The van der Waals surface area contributed by atoms with E-state index in [4.69, 9.17) is 0 Å². The first-order chi connectivity index (χ1) is 6.05. The van der Waals surface area contributed by atoms with Crippen LogP contribution in [0.2, 0.25) is 0 Å². The summed E-state index contributed by atoms with van der Waals surface area (Å²) in [5.41, 5.74) is 3.10. The van der Waals surface area contributed by atoms with E-state index in [1.807, 2.05) is 30.3 Å². The molecule has 0 amide bonds. The fourth-order valence-electron chi connectivity index (χ4n) is 1.39. The monoisotopic (exact) mass is 178 g/mol. The molecule has 1 rings (SSSR count). The Morgan fingerprint density at radius 1 is 1.15 bits per heavy atom. The maximum absolute atomic E-state index is 10.8. The third-order valence-corrected chi connectivity index (χ3v) is 2.12. The Bertz CT molecular complexity index is 251. The zero-order chi connectivity index (χ0) is 9.90. The van der Waals surface area contributed by atoms with Crippen LogP contribution in [0, 0.1) is 10.6 Å². The summed E-state index contributed by atoms with van der Waals surface area (Å²) in [6, 6.07) is 9.67. The van der Waals surface area contributed by atoms with Crippen LogP contribution >= 0.6 is 0 Å². The average Bonchev–Trinajstić information content (AvgIpc) is 2.05. The van der Waals surface area contributed by atoms with Crippen molar-refractivity contribution in [2.45, 2.75) is 26.8 Å². The fourth-order valence-corrected chi connectivity index (χ4v) is 1.39. The van der Waals surface area contributed by atoms with Crippen LogP contribution in [0.5, 0.6) is 0 Å². The van der Waals surface area contributed by atoms with Crippen LogP contribution in [0.25, 0.3) is 0 Å². The summed E-state index contributed by atoms with van der Waals surface area (Å²) in [6.45, 7) is 6.15. The molecule has 0 aliphatic carbocycles. The summed E-state index contributed by atoms with van der Waals surface area (Å²) in [5.74, 6) is 0. The highest BCUT2D eigenvalue weighted by atomic mass is 16.5. The van der Waals surface area contributed by atoms with Crippen molar-refractivity contribution in [3.8, 4) is 0 Å². The molecule has 2 nitrogen and oxygen atoms in total. The first-order valence-corrected chi connectivity index (χ1v) is 4.48. The normalized spacial score (nSPS) is 14.2. The summed E-state index contributed by atoms with van der Waals surface area (Å²) in [5, 5.41) is 10.8. The number of hydroxylamine groups is 1. The Balaban J connectivity index is 2.92. The van der Waals surface area contributed by atoms with Gasteiger partial charge in [-0.3, -0.25) is 0 Å². The van der Waals surface area contributed by atoms with E-state index in [0.29, 0.717) is 0 Å². The maximum Gasteiger partial charge on any atom is 0.0255 e. The van der Waals surface area contributed by atoms with Gasteiger partial charge in [-0.05, 0) is 11.0 Å². The standard InChI is InChI=1S/C11H16NO/c1-11(2,3)10(12-13)9-7-5-4-6-8-9/h4-8,10,12H,1-3H3/q-1. The highest BCUT2D eigenvalue weighted by Crippen LogP contribution is 2.31. The summed E-state index contributed by atoms with van der Waals surface area (Å²) >= 11 is 0. The zero-order valence-electron chi connectivity index (χ0n) is 8.37. The van der Waals surface area contributed by atoms with Gasteiger partial charge in [0.05, 0.1) is 0 Å². The number of hydrogen-bond acceptors (Lipinski definition) is 2. The summed E-state index contributed by atoms with van der Waals surface area (Å²) in [6.07, 6.45) is 0. The molecule has 2 heteroatoms. The van der Waals surface area contributed by atoms with Gasteiger partial charge in [0.2, 0.25) is 0 Å². The number of benzene rings is 1. The molecule has 1 aromatic carbocycles. The van der Waals surface area contributed by atoms with E-state index in [-0.39, 0.29) is 11.5 Å². The molecule has 0 heterocycles. The van der Waals surface area contributed by atoms with Crippen LogP contribution < -0.4 is 5.48 Å². The van der Waals surface area contributed by atoms with Gasteiger partial charge in [-0.15, -0.1) is 0 Å². The predicted octanol–water partition coefficient (Wildman–Crippen LogP) is 2.86. The summed E-state index contributed by atoms with van der Waals surface area (Å²) in [4.78, 5) is 0. The van der Waals surface area contributed by atoms with E-state index in [2.05, 4.69) is 26.3 Å². The van der Waals surface area contributed by atoms with E-state index < -0.39 is 0 Å². The fraction of sp³-hybridized carbons (Fsp3) is 0.455. The molecular formula is C11H16NO-. The van der Waals surface area contributed by atoms with E-state index >= 15 is 0 Å². The van der Waals surface area contributed by atoms with Crippen LogP contribution in [0.1, 0.15) is 32.4 Å². The summed E-state index contributed by atoms with van der Waals surface area (Å²) < 4.78 is 0. The largest absolute Gasteiger partial charge is 0.787 e. The third kappa shape index (κ3) is 2.54. The first kappa shape index (κ1) is 10.2. The van der Waals surface area contributed by atoms with Gasteiger partial charge in [0.15, 0.2) is 0 Å². The molecule has 0 aromatic heterocycles. The molecule has 0 radical (unpaired) electrons. The number of nitrogens with one attached hydrogen (secondary N) is 1. The molecule has 0 aliphatic heterocycles. The van der Waals surface area contributed by atoms with Gasteiger partial charge in [0, 0.05) is 6.04 Å². The van der Waals surface area contributed by atoms with Crippen molar-refractivity contribution in [2.75, 3.05) is 0 Å². The highest BCUT2D eigenvalue weighted by molar-refractivity contribution is 5.20. The smallest absolute Gasteiger partial charge is 0.0255 e. The molecule has 0 spiro atoms. The van der Waals surface area contributed by atoms with Crippen molar-refractivity contribution in [3.05, 3.63) is 41.1 Å². The van der Waals surface area contributed by atoms with E-state index in [9.17, 15) is 5.21 Å². The predicted molar refractivity (Wildman–Crippen MR) is 55.1 cm³/mol. The molecule has 0 saturated heterocycles. The van der Waals surface area contributed by atoms with Crippen molar-refractivity contribution in [1.29, 1.82) is 0 Å². The first-order valence-electron chi connectivity index (χ1n) is 4.48. The van der Waals surface area contributed by atoms with Gasteiger partial charge >= 0.3 is 0 Å². The summed E-state index contributed by atoms with van der Waals surface area (Å²) in [7, 11) is 0. The van der Waals surface area contributed by atoms with Gasteiger partial charge in [0.1, 0.15) is 0 Å². The van der Waals surface area contributed by atoms with E-state index in [1.54, 1.807) is 0 Å². The molecule has 1 N–H and O–H groups in total. The number of rotatable bonds is 2. The van der Waals surface area contributed by atoms with Crippen molar-refractivity contribution >= 4 is 0 Å². The van der Waals surface area contributed by atoms with Crippen molar-refractivity contribution < 1.29 is 0 Å². The second-order valence-electron chi connectivity index (χ2n) is 4.33. The van der Waals surface area contributed by atoms with Crippen molar-refractivity contribution in [1.82, 2.24) is 5.48 Å². The molecule has 0 aliphatic rings. The molecule has 1 aromatic rings. The van der Waals surface area contributed by atoms with Gasteiger partial charge in [0.25, 0.3) is 0 Å². The molecule has 1 atom stereocenters. The van der Waals surface area contributed by atoms with Crippen molar-refractivity contribution in [2.24, 2.45) is 5.41 Å². The SMILES string of the molecule is CC(C)(C)C(N[O-])c1ccccc1. The molecule has 0 fully saturated rings. The van der Waals surface area contributed by atoms with Gasteiger partial charge in [-0.2, -0.15) is 0 Å². The zero-order valence-corrected chi connectivity index (χ0v) is 8.37. The van der Waals surface area contributed by atoms with Crippen molar-refractivity contribution in [3.63, 3.8) is 0 Å². The van der Waals surface area contributed by atoms with Gasteiger partial charge < -0.3 is 10.7 Å². The lowest BCUT2D eigenvalue weighted by Gasteiger charge is -2.34. The Kier molecular flexibility index (Phi) is 3.07. The molecule has 13 heavy (non-hydrogen) atoms. The highest BCUT2D eigenvalue weighted by Gasteiger charge is 2.22. The Labute approximate surface area is 79.6 Å². The van der Waals surface area contributed by atoms with Crippen LogP contribution in [0.15, 0.2) is 30.3 Å². The second kappa shape index (κ2) is 3.90. The van der Waals surface area contributed by atoms with E-state index in [1.165, 1.54) is 0 Å². The van der Waals surface area contributed by atoms with Crippen LogP contribution in [-0.2, 0) is 0 Å². The molecular weight excluding hydrogens is 162 g/mol. The molecule has 72 valence electrons. The van der Waals surface area contributed by atoms with Gasteiger partial charge in [-0.1, -0.05) is 51.1 Å². The lowest BCUT2D eigenvalue weighted by atomic mass is 9.83.